The third kappa shape index (κ3) is 2.60. The molecule has 3 aliphatic rings. The number of imide groups is 1. The van der Waals surface area contributed by atoms with Crippen molar-refractivity contribution in [3.05, 3.63) is 46.5 Å². The summed E-state index contributed by atoms with van der Waals surface area (Å²) >= 11 is 6.05. The molecule has 1 fully saturated rings. The Balaban J connectivity index is 1.48. The second-order valence-corrected chi connectivity index (χ2v) is 6.98. The summed E-state index contributed by atoms with van der Waals surface area (Å²) in [6, 6.07) is 8.15. The third-order valence-electron chi connectivity index (χ3n) is 5.09. The predicted octanol–water partition coefficient (Wildman–Crippen LogP) is 2.65. The third-order valence-corrected chi connectivity index (χ3v) is 5.40. The number of hydrogen-bond acceptors (Lipinski definition) is 3. The number of benzene rings is 1. The second-order valence-electron chi connectivity index (χ2n) is 6.50. The van der Waals surface area contributed by atoms with E-state index in [2.05, 4.69) is 12.1 Å². The lowest BCUT2D eigenvalue weighted by Crippen LogP contribution is -2.41. The van der Waals surface area contributed by atoms with E-state index in [9.17, 15) is 9.59 Å². The lowest BCUT2D eigenvalue weighted by molar-refractivity contribution is -0.142. The Kier molecular flexibility index (Phi) is 3.74. The minimum absolute atomic E-state index is 0.0668. The number of ether oxygens (including phenoxy) is 1. The standard InChI is InChI=1S/C18H18ClNO3/c19-13-5-6-15-16(8-13)18(22)20(17(15)21)9-14-7-11-3-1-2-4-12(11)10-23-14/h1-5,14-16H,6-10H2/t14-,15-,16-/m1/s1. The summed E-state index contributed by atoms with van der Waals surface area (Å²) in [5, 5.41) is 0.692. The largest absolute Gasteiger partial charge is 0.371 e. The zero-order chi connectivity index (χ0) is 16.0. The Bertz CT molecular complexity index is 699. The van der Waals surface area contributed by atoms with Crippen molar-refractivity contribution in [2.45, 2.75) is 32.0 Å². The van der Waals surface area contributed by atoms with Gasteiger partial charge in [-0.3, -0.25) is 14.5 Å². The van der Waals surface area contributed by atoms with Crippen LogP contribution in [0.5, 0.6) is 0 Å². The first-order valence-corrected chi connectivity index (χ1v) is 8.39. The number of fused-ring (bicyclic) bond motifs is 2. The van der Waals surface area contributed by atoms with Gasteiger partial charge in [-0.1, -0.05) is 41.9 Å². The summed E-state index contributed by atoms with van der Waals surface area (Å²) in [6.07, 6.45) is 3.54. The number of rotatable bonds is 2. The summed E-state index contributed by atoms with van der Waals surface area (Å²) in [5.41, 5.74) is 2.43. The molecule has 120 valence electrons. The fourth-order valence-electron chi connectivity index (χ4n) is 3.81. The van der Waals surface area contributed by atoms with E-state index in [0.29, 0.717) is 31.0 Å². The van der Waals surface area contributed by atoms with Crippen molar-refractivity contribution in [2.24, 2.45) is 11.8 Å². The van der Waals surface area contributed by atoms with Gasteiger partial charge < -0.3 is 4.74 Å². The first-order chi connectivity index (χ1) is 11.1. The Morgan fingerprint density at radius 3 is 2.65 bits per heavy atom. The Morgan fingerprint density at radius 2 is 1.83 bits per heavy atom. The summed E-state index contributed by atoms with van der Waals surface area (Å²) < 4.78 is 5.85. The van der Waals surface area contributed by atoms with E-state index in [4.69, 9.17) is 16.3 Å². The number of allylic oxidation sites excluding steroid dienone is 2. The van der Waals surface area contributed by atoms with Gasteiger partial charge >= 0.3 is 0 Å². The molecule has 1 aromatic carbocycles. The van der Waals surface area contributed by atoms with E-state index < -0.39 is 0 Å². The fraction of sp³-hybridized carbons (Fsp3) is 0.444. The topological polar surface area (TPSA) is 46.6 Å². The van der Waals surface area contributed by atoms with Crippen molar-refractivity contribution in [1.82, 2.24) is 4.90 Å². The van der Waals surface area contributed by atoms with Crippen LogP contribution in [0, 0.1) is 11.8 Å². The van der Waals surface area contributed by atoms with Gasteiger partial charge in [-0.25, -0.2) is 0 Å². The zero-order valence-corrected chi connectivity index (χ0v) is 13.5. The highest BCUT2D eigenvalue weighted by molar-refractivity contribution is 6.30. The van der Waals surface area contributed by atoms with Crippen molar-refractivity contribution < 1.29 is 14.3 Å². The van der Waals surface area contributed by atoms with Crippen molar-refractivity contribution in [1.29, 1.82) is 0 Å². The van der Waals surface area contributed by atoms with Crippen LogP contribution in [-0.2, 0) is 27.4 Å². The highest BCUT2D eigenvalue weighted by atomic mass is 35.5. The molecule has 0 spiro atoms. The molecule has 3 atom stereocenters. The minimum Gasteiger partial charge on any atom is -0.371 e. The van der Waals surface area contributed by atoms with Crippen molar-refractivity contribution >= 4 is 23.4 Å². The van der Waals surface area contributed by atoms with E-state index in [1.165, 1.54) is 16.0 Å². The maximum Gasteiger partial charge on any atom is 0.233 e. The summed E-state index contributed by atoms with van der Waals surface area (Å²) in [4.78, 5) is 26.5. The molecule has 4 nitrogen and oxygen atoms in total. The molecule has 2 heterocycles. The SMILES string of the molecule is O=C1[C@@H]2CC=C(Cl)C[C@H]2C(=O)N1C[C@H]1Cc2ccccc2CO1. The fourth-order valence-corrected chi connectivity index (χ4v) is 4.06. The maximum atomic E-state index is 12.6. The van der Waals surface area contributed by atoms with Crippen LogP contribution >= 0.6 is 11.6 Å². The lowest BCUT2D eigenvalue weighted by Gasteiger charge is -2.28. The molecular formula is C18H18ClNO3. The van der Waals surface area contributed by atoms with Gasteiger partial charge in [-0.2, -0.15) is 0 Å². The predicted molar refractivity (Wildman–Crippen MR) is 85.6 cm³/mol. The van der Waals surface area contributed by atoms with Gasteiger partial charge in [0, 0.05) is 11.5 Å². The van der Waals surface area contributed by atoms with E-state index in [-0.39, 0.29) is 29.8 Å². The molecule has 1 saturated heterocycles. The molecule has 2 aliphatic heterocycles. The number of hydrogen-bond donors (Lipinski definition) is 0. The molecule has 1 aliphatic carbocycles. The molecular weight excluding hydrogens is 314 g/mol. The lowest BCUT2D eigenvalue weighted by atomic mass is 9.85. The first kappa shape index (κ1) is 14.9. The van der Waals surface area contributed by atoms with E-state index in [0.717, 1.165) is 6.42 Å². The van der Waals surface area contributed by atoms with E-state index in [1.54, 1.807) is 0 Å². The van der Waals surface area contributed by atoms with Crippen LogP contribution in [0.15, 0.2) is 35.4 Å². The van der Waals surface area contributed by atoms with Crippen LogP contribution in [0.2, 0.25) is 0 Å². The molecule has 0 radical (unpaired) electrons. The average Bonchev–Trinajstić information content (AvgIpc) is 2.79. The van der Waals surface area contributed by atoms with Crippen LogP contribution in [0.4, 0.5) is 0 Å². The number of halogens is 1. The highest BCUT2D eigenvalue weighted by Crippen LogP contribution is 2.39. The molecule has 4 rings (SSSR count). The zero-order valence-electron chi connectivity index (χ0n) is 12.7. The van der Waals surface area contributed by atoms with Gasteiger partial charge in [0.2, 0.25) is 11.8 Å². The molecule has 0 aromatic heterocycles. The number of carbonyl (C=O) groups is 2. The number of nitrogens with zero attached hydrogens (tertiary/aromatic N) is 1. The second kappa shape index (κ2) is 5.77. The Morgan fingerprint density at radius 1 is 1.09 bits per heavy atom. The molecule has 5 heteroatoms. The molecule has 0 bridgehead atoms. The molecule has 0 saturated carbocycles. The van der Waals surface area contributed by atoms with Gasteiger partial charge in [0.15, 0.2) is 0 Å². The normalized spacial score (nSPS) is 30.0. The summed E-state index contributed by atoms with van der Waals surface area (Å²) in [6.45, 7) is 0.883. The summed E-state index contributed by atoms with van der Waals surface area (Å²) in [7, 11) is 0. The van der Waals surface area contributed by atoms with Crippen molar-refractivity contribution in [3.8, 4) is 0 Å². The highest BCUT2D eigenvalue weighted by Gasteiger charge is 2.48. The molecule has 23 heavy (non-hydrogen) atoms. The monoisotopic (exact) mass is 331 g/mol. The van der Waals surface area contributed by atoms with Crippen molar-refractivity contribution in [3.63, 3.8) is 0 Å². The molecule has 0 unspecified atom stereocenters. The Hall–Kier alpha value is -1.65. The number of carbonyl (C=O) groups excluding carboxylic acids is 2. The Labute approximate surface area is 140 Å². The van der Waals surface area contributed by atoms with Crippen LogP contribution in [0.25, 0.3) is 0 Å². The van der Waals surface area contributed by atoms with Crippen LogP contribution < -0.4 is 0 Å². The van der Waals surface area contributed by atoms with Gasteiger partial charge in [0.1, 0.15) is 0 Å². The number of amides is 2. The van der Waals surface area contributed by atoms with E-state index in [1.807, 2.05) is 18.2 Å². The smallest absolute Gasteiger partial charge is 0.233 e. The van der Waals surface area contributed by atoms with Crippen LogP contribution in [0.1, 0.15) is 24.0 Å². The van der Waals surface area contributed by atoms with Crippen LogP contribution in [-0.4, -0.2) is 29.4 Å². The minimum atomic E-state index is -0.282. The quantitative estimate of drug-likeness (QED) is 0.783. The number of likely N-dealkylation sites (tertiary alicyclic amines) is 1. The molecule has 0 N–H and O–H groups in total. The first-order valence-electron chi connectivity index (χ1n) is 8.01. The van der Waals surface area contributed by atoms with Gasteiger partial charge in [-0.05, 0) is 24.0 Å². The van der Waals surface area contributed by atoms with Gasteiger partial charge in [0.05, 0.1) is 31.1 Å². The van der Waals surface area contributed by atoms with E-state index >= 15 is 0 Å². The average molecular weight is 332 g/mol. The van der Waals surface area contributed by atoms with Gasteiger partial charge in [-0.15, -0.1) is 0 Å². The van der Waals surface area contributed by atoms with Crippen LogP contribution in [0.3, 0.4) is 0 Å². The summed E-state index contributed by atoms with van der Waals surface area (Å²) in [5.74, 6) is -0.673. The maximum absolute atomic E-state index is 12.6. The van der Waals surface area contributed by atoms with Gasteiger partial charge in [0.25, 0.3) is 0 Å². The molecule has 1 aromatic rings. The molecule has 2 amide bonds. The van der Waals surface area contributed by atoms with Crippen molar-refractivity contribution in [2.75, 3.05) is 6.54 Å².